The van der Waals surface area contributed by atoms with Crippen molar-refractivity contribution >= 4 is 49.8 Å². The maximum atomic E-state index is 13.4. The molecule has 0 atom stereocenters. The molecule has 0 unspecified atom stereocenters. The van der Waals surface area contributed by atoms with Gasteiger partial charge in [-0.25, -0.2) is 8.42 Å². The maximum absolute atomic E-state index is 13.4. The van der Waals surface area contributed by atoms with Gasteiger partial charge in [0.2, 0.25) is 5.88 Å². The number of azo groups is 1. The van der Waals surface area contributed by atoms with E-state index in [4.69, 9.17) is 11.6 Å². The van der Waals surface area contributed by atoms with Gasteiger partial charge in [0, 0.05) is 10.4 Å². The number of aromatic amines is 1. The molecule has 2 N–H and O–H groups in total. The van der Waals surface area contributed by atoms with Crippen LogP contribution in [0, 0.1) is 6.92 Å². The van der Waals surface area contributed by atoms with Crippen LogP contribution in [0.3, 0.4) is 0 Å². The molecule has 0 spiro atoms. The van der Waals surface area contributed by atoms with Crippen LogP contribution in [0.15, 0.2) is 87.9 Å². The van der Waals surface area contributed by atoms with E-state index < -0.39 is 22.5 Å². The number of carbonyl (C=O) groups excluding carboxylic acids is 1. The summed E-state index contributed by atoms with van der Waals surface area (Å²) >= 11 is 6.21. The SMILES string of the molecule is Cc1c(Cl)cccc1N(CC(=O)N=Nc1c(O)[nH]c2ccccc12)S(=O)(=O)c1ccccc1. The van der Waals surface area contributed by atoms with Crippen LogP contribution in [-0.2, 0) is 14.8 Å². The molecule has 0 saturated carbocycles. The number of fused-ring (bicyclic) bond motifs is 1. The van der Waals surface area contributed by atoms with Gasteiger partial charge in [0.1, 0.15) is 6.54 Å². The van der Waals surface area contributed by atoms with Gasteiger partial charge in [0.25, 0.3) is 15.9 Å². The van der Waals surface area contributed by atoms with Gasteiger partial charge in [-0.2, -0.15) is 0 Å². The second kappa shape index (κ2) is 9.05. The highest BCUT2D eigenvalue weighted by Crippen LogP contribution is 2.35. The van der Waals surface area contributed by atoms with Gasteiger partial charge in [-0.15, -0.1) is 10.2 Å². The van der Waals surface area contributed by atoms with Crippen molar-refractivity contribution in [2.45, 2.75) is 11.8 Å². The Kier molecular flexibility index (Phi) is 6.17. The number of carbonyl (C=O) groups is 1. The summed E-state index contributed by atoms with van der Waals surface area (Å²) in [4.78, 5) is 15.5. The van der Waals surface area contributed by atoms with E-state index in [1.54, 1.807) is 67.6 Å². The molecule has 10 heteroatoms. The minimum atomic E-state index is -4.11. The van der Waals surface area contributed by atoms with Gasteiger partial charge in [0.15, 0.2) is 5.69 Å². The molecule has 168 valence electrons. The highest BCUT2D eigenvalue weighted by atomic mass is 35.5. The number of nitrogens with zero attached hydrogens (tertiary/aromatic N) is 3. The van der Waals surface area contributed by atoms with Crippen molar-refractivity contribution in [3.8, 4) is 5.88 Å². The lowest BCUT2D eigenvalue weighted by Crippen LogP contribution is -2.35. The molecule has 33 heavy (non-hydrogen) atoms. The lowest BCUT2D eigenvalue weighted by molar-refractivity contribution is -0.116. The Bertz CT molecular complexity index is 1470. The predicted octanol–water partition coefficient (Wildman–Crippen LogP) is 5.34. The highest BCUT2D eigenvalue weighted by molar-refractivity contribution is 7.92. The van der Waals surface area contributed by atoms with Gasteiger partial charge in [-0.1, -0.05) is 54.1 Å². The van der Waals surface area contributed by atoms with E-state index in [-0.39, 0.29) is 22.2 Å². The maximum Gasteiger partial charge on any atom is 0.285 e. The fourth-order valence-electron chi connectivity index (χ4n) is 3.36. The summed E-state index contributed by atoms with van der Waals surface area (Å²) in [5, 5.41) is 18.6. The average Bonchev–Trinajstić information content (AvgIpc) is 3.13. The third-order valence-electron chi connectivity index (χ3n) is 5.04. The molecule has 4 aromatic rings. The van der Waals surface area contributed by atoms with E-state index in [9.17, 15) is 18.3 Å². The second-order valence-corrected chi connectivity index (χ2v) is 9.44. The molecule has 1 aromatic heterocycles. The molecule has 0 radical (unpaired) electrons. The van der Waals surface area contributed by atoms with Gasteiger partial charge in [-0.3, -0.25) is 9.10 Å². The van der Waals surface area contributed by atoms with Crippen molar-refractivity contribution in [3.05, 3.63) is 83.4 Å². The Hall–Kier alpha value is -3.69. The smallest absolute Gasteiger partial charge is 0.285 e. The summed E-state index contributed by atoms with van der Waals surface area (Å²) in [6.07, 6.45) is 0. The number of sulfonamides is 1. The first-order valence-corrected chi connectivity index (χ1v) is 11.7. The number of hydrogen-bond acceptors (Lipinski definition) is 5. The van der Waals surface area contributed by atoms with Gasteiger partial charge < -0.3 is 10.1 Å². The molecule has 0 bridgehead atoms. The number of nitrogens with one attached hydrogen (secondary N) is 1. The number of H-pyrrole nitrogens is 1. The number of anilines is 1. The van der Waals surface area contributed by atoms with Crippen LogP contribution in [0.5, 0.6) is 5.88 Å². The van der Waals surface area contributed by atoms with Crippen molar-refractivity contribution in [1.29, 1.82) is 0 Å². The number of amides is 1. The summed E-state index contributed by atoms with van der Waals surface area (Å²) in [6, 6.07) is 19.6. The number of aromatic hydroxyl groups is 1. The topological polar surface area (TPSA) is 115 Å². The number of rotatable bonds is 6. The van der Waals surface area contributed by atoms with Crippen LogP contribution in [0.1, 0.15) is 5.56 Å². The third kappa shape index (κ3) is 4.46. The van der Waals surface area contributed by atoms with E-state index in [1.807, 2.05) is 0 Å². The van der Waals surface area contributed by atoms with Crippen molar-refractivity contribution in [1.82, 2.24) is 4.98 Å². The largest absolute Gasteiger partial charge is 0.493 e. The Balaban J connectivity index is 1.71. The van der Waals surface area contributed by atoms with E-state index in [0.29, 0.717) is 21.5 Å². The Morgan fingerprint density at radius 2 is 1.73 bits per heavy atom. The van der Waals surface area contributed by atoms with E-state index in [0.717, 1.165) is 4.31 Å². The summed E-state index contributed by atoms with van der Waals surface area (Å²) in [5.41, 5.74) is 1.47. The Labute approximate surface area is 195 Å². The van der Waals surface area contributed by atoms with Gasteiger partial charge >= 0.3 is 0 Å². The van der Waals surface area contributed by atoms with Gasteiger partial charge in [0.05, 0.1) is 16.1 Å². The van der Waals surface area contributed by atoms with Crippen LogP contribution < -0.4 is 4.31 Å². The summed E-state index contributed by atoms with van der Waals surface area (Å²) in [5.74, 6) is -1.06. The second-order valence-electron chi connectivity index (χ2n) is 7.17. The fraction of sp³-hybridized carbons (Fsp3) is 0.0870. The number of hydrogen-bond donors (Lipinski definition) is 2. The number of aromatic nitrogens is 1. The minimum absolute atomic E-state index is 0.0170. The third-order valence-corrected chi connectivity index (χ3v) is 7.22. The average molecular weight is 483 g/mol. The zero-order valence-electron chi connectivity index (χ0n) is 17.4. The Morgan fingerprint density at radius 3 is 2.48 bits per heavy atom. The van der Waals surface area contributed by atoms with Crippen molar-refractivity contribution in [3.63, 3.8) is 0 Å². The van der Waals surface area contributed by atoms with Crippen LogP contribution in [0.2, 0.25) is 5.02 Å². The standard InChI is InChI=1S/C23H19ClN4O4S/c1-15-18(24)11-7-13-20(15)28(33(31,32)16-8-3-2-4-9-16)14-21(29)26-27-22-17-10-5-6-12-19(17)25-23(22)30/h2-13,25,30H,14H2,1H3. The molecule has 0 aliphatic rings. The first kappa shape index (κ1) is 22.5. The van der Waals surface area contributed by atoms with Crippen LogP contribution in [0.4, 0.5) is 11.4 Å². The van der Waals surface area contributed by atoms with Crippen molar-refractivity contribution < 1.29 is 18.3 Å². The van der Waals surface area contributed by atoms with Gasteiger partial charge in [-0.05, 0) is 42.8 Å². The van der Waals surface area contributed by atoms with Crippen LogP contribution in [0.25, 0.3) is 10.9 Å². The number of benzene rings is 3. The summed E-state index contributed by atoms with van der Waals surface area (Å²) < 4.78 is 27.8. The molecule has 0 aliphatic heterocycles. The van der Waals surface area contributed by atoms with E-state index in [2.05, 4.69) is 15.2 Å². The Morgan fingerprint density at radius 1 is 1.03 bits per heavy atom. The lowest BCUT2D eigenvalue weighted by Gasteiger charge is -2.25. The first-order valence-electron chi connectivity index (χ1n) is 9.86. The summed E-state index contributed by atoms with van der Waals surface area (Å²) in [7, 11) is -4.11. The normalized spacial score (nSPS) is 11.8. The summed E-state index contributed by atoms with van der Waals surface area (Å²) in [6.45, 7) is 1.06. The number of halogens is 1. The number of para-hydroxylation sites is 1. The molecule has 0 saturated heterocycles. The first-order chi connectivity index (χ1) is 15.8. The monoisotopic (exact) mass is 482 g/mol. The molecular weight excluding hydrogens is 464 g/mol. The molecule has 3 aromatic carbocycles. The van der Waals surface area contributed by atoms with E-state index >= 15 is 0 Å². The molecule has 0 aliphatic carbocycles. The fourth-order valence-corrected chi connectivity index (χ4v) is 5.02. The highest BCUT2D eigenvalue weighted by Gasteiger charge is 2.28. The van der Waals surface area contributed by atoms with E-state index in [1.165, 1.54) is 12.1 Å². The molecule has 8 nitrogen and oxygen atoms in total. The van der Waals surface area contributed by atoms with Crippen molar-refractivity contribution in [2.24, 2.45) is 10.2 Å². The zero-order chi connectivity index (χ0) is 23.6. The molecule has 0 fully saturated rings. The molecule has 4 rings (SSSR count). The van der Waals surface area contributed by atoms with Crippen LogP contribution in [-0.4, -0.2) is 31.0 Å². The lowest BCUT2D eigenvalue weighted by atomic mass is 10.2. The quantitative estimate of drug-likeness (QED) is 0.361. The van der Waals surface area contributed by atoms with Crippen molar-refractivity contribution in [2.75, 3.05) is 10.8 Å². The molecule has 1 heterocycles. The molecule has 1 amide bonds. The van der Waals surface area contributed by atoms with Crippen LogP contribution >= 0.6 is 11.6 Å². The molecular formula is C23H19ClN4O4S. The predicted molar refractivity (Wildman–Crippen MR) is 127 cm³/mol. The zero-order valence-corrected chi connectivity index (χ0v) is 19.0. The minimum Gasteiger partial charge on any atom is -0.493 e.